The molecule has 0 radical (unpaired) electrons. The molecule has 1 atom stereocenters. The monoisotopic (exact) mass is 263 g/mol. The van der Waals surface area contributed by atoms with Crippen LogP contribution in [0.4, 0.5) is 4.39 Å². The predicted molar refractivity (Wildman–Crippen MR) is 65.3 cm³/mol. The minimum atomic E-state index is -0.242. The Bertz CT molecular complexity index is 585. The van der Waals surface area contributed by atoms with E-state index in [0.29, 0.717) is 19.4 Å². The molecule has 0 spiro atoms. The maximum absolute atomic E-state index is 13.1. The number of fused-ring (bicyclic) bond motifs is 1. The molecule has 1 aliphatic rings. The van der Waals surface area contributed by atoms with Crippen molar-refractivity contribution in [3.05, 3.63) is 41.5 Å². The van der Waals surface area contributed by atoms with E-state index in [1.165, 1.54) is 12.1 Å². The van der Waals surface area contributed by atoms with Crippen molar-refractivity contribution in [2.24, 2.45) is 0 Å². The van der Waals surface area contributed by atoms with Gasteiger partial charge in [0.25, 0.3) is 0 Å². The Balaban J connectivity index is 1.66. The Kier molecular flexibility index (Phi) is 3.16. The first-order chi connectivity index (χ1) is 9.24. The van der Waals surface area contributed by atoms with Crippen LogP contribution in [0.25, 0.3) is 0 Å². The second-order valence-corrected chi connectivity index (χ2v) is 4.60. The zero-order valence-electron chi connectivity index (χ0n) is 10.3. The average Bonchev–Trinajstić information content (AvgIpc) is 2.96. The summed E-state index contributed by atoms with van der Waals surface area (Å²) >= 11 is 0. The van der Waals surface area contributed by atoms with Gasteiger partial charge in [-0.2, -0.15) is 0 Å². The van der Waals surface area contributed by atoms with Gasteiger partial charge in [0, 0.05) is 31.2 Å². The van der Waals surface area contributed by atoms with Crippen molar-refractivity contribution in [1.29, 1.82) is 0 Å². The lowest BCUT2D eigenvalue weighted by Gasteiger charge is -2.09. The molecule has 2 heterocycles. The maximum Gasteiger partial charge on any atom is 0.123 e. The molecule has 1 aliphatic heterocycles. The number of aliphatic hydroxyl groups is 1. The molecule has 19 heavy (non-hydrogen) atoms. The molecule has 0 saturated heterocycles. The van der Waals surface area contributed by atoms with Gasteiger partial charge in [-0.25, -0.2) is 9.07 Å². The van der Waals surface area contributed by atoms with E-state index in [4.69, 9.17) is 9.84 Å². The van der Waals surface area contributed by atoms with Crippen LogP contribution in [0.5, 0.6) is 5.75 Å². The van der Waals surface area contributed by atoms with Crippen LogP contribution < -0.4 is 4.74 Å². The first-order valence-corrected chi connectivity index (χ1v) is 6.19. The Morgan fingerprint density at radius 1 is 1.47 bits per heavy atom. The highest BCUT2D eigenvalue weighted by molar-refractivity contribution is 5.37. The maximum atomic E-state index is 13.1. The number of hydrogen-bond acceptors (Lipinski definition) is 4. The largest absolute Gasteiger partial charge is 0.488 e. The van der Waals surface area contributed by atoms with Gasteiger partial charge in [0.2, 0.25) is 0 Å². The van der Waals surface area contributed by atoms with Gasteiger partial charge in [-0.1, -0.05) is 5.21 Å². The van der Waals surface area contributed by atoms with Crippen LogP contribution in [0.1, 0.15) is 11.3 Å². The fraction of sp³-hybridized carbons (Fsp3) is 0.385. The van der Waals surface area contributed by atoms with E-state index in [2.05, 4.69) is 10.3 Å². The van der Waals surface area contributed by atoms with Crippen LogP contribution in [-0.2, 0) is 19.4 Å². The molecule has 0 aliphatic carbocycles. The Morgan fingerprint density at radius 3 is 3.21 bits per heavy atom. The van der Waals surface area contributed by atoms with Gasteiger partial charge < -0.3 is 9.84 Å². The number of halogens is 1. The van der Waals surface area contributed by atoms with E-state index < -0.39 is 0 Å². The Morgan fingerprint density at radius 2 is 2.37 bits per heavy atom. The van der Waals surface area contributed by atoms with Crippen molar-refractivity contribution in [2.45, 2.75) is 25.5 Å². The minimum Gasteiger partial charge on any atom is -0.488 e. The normalized spacial score (nSPS) is 17.3. The third-order valence-electron chi connectivity index (χ3n) is 3.11. The lowest BCUT2D eigenvalue weighted by molar-refractivity contribution is 0.202. The first kappa shape index (κ1) is 12.1. The SMILES string of the molecule is OCCc1cn(CC2Cc3cc(F)ccc3O2)nn1. The van der Waals surface area contributed by atoms with Crippen molar-refractivity contribution >= 4 is 0 Å². The number of ether oxygens (including phenoxy) is 1. The van der Waals surface area contributed by atoms with Crippen LogP contribution in [0, 0.1) is 5.82 Å². The van der Waals surface area contributed by atoms with Crippen molar-refractivity contribution < 1.29 is 14.2 Å². The summed E-state index contributed by atoms with van der Waals surface area (Å²) in [5.41, 5.74) is 1.64. The van der Waals surface area contributed by atoms with E-state index in [-0.39, 0.29) is 18.5 Å². The van der Waals surface area contributed by atoms with Crippen molar-refractivity contribution in [1.82, 2.24) is 15.0 Å². The summed E-state index contributed by atoms with van der Waals surface area (Å²) in [6.45, 7) is 0.623. The average molecular weight is 263 g/mol. The van der Waals surface area contributed by atoms with E-state index in [0.717, 1.165) is 17.0 Å². The predicted octanol–water partition coefficient (Wildman–Crippen LogP) is 0.956. The summed E-state index contributed by atoms with van der Waals surface area (Å²) in [7, 11) is 0. The van der Waals surface area contributed by atoms with Gasteiger partial charge in [0.05, 0.1) is 12.2 Å². The molecular weight excluding hydrogens is 249 g/mol. The minimum absolute atomic E-state index is 0.0551. The fourth-order valence-electron chi connectivity index (χ4n) is 2.26. The molecule has 0 fully saturated rings. The van der Waals surface area contributed by atoms with E-state index in [1.807, 2.05) is 0 Å². The lowest BCUT2D eigenvalue weighted by atomic mass is 10.1. The number of benzene rings is 1. The van der Waals surface area contributed by atoms with Gasteiger partial charge in [-0.15, -0.1) is 5.10 Å². The zero-order chi connectivity index (χ0) is 13.2. The molecule has 1 unspecified atom stereocenters. The first-order valence-electron chi connectivity index (χ1n) is 6.19. The summed E-state index contributed by atoms with van der Waals surface area (Å²) < 4.78 is 20.5. The third-order valence-corrected chi connectivity index (χ3v) is 3.11. The summed E-state index contributed by atoms with van der Waals surface area (Å²) in [6, 6.07) is 4.56. The smallest absolute Gasteiger partial charge is 0.123 e. The molecule has 3 rings (SSSR count). The molecule has 6 heteroatoms. The summed E-state index contributed by atoms with van der Waals surface area (Å²) in [6.07, 6.45) is 2.91. The number of aliphatic hydroxyl groups excluding tert-OH is 1. The van der Waals surface area contributed by atoms with Crippen molar-refractivity contribution in [2.75, 3.05) is 6.61 Å². The summed E-state index contributed by atoms with van der Waals surface area (Å²) in [5, 5.41) is 16.7. The molecule has 1 aromatic carbocycles. The topological polar surface area (TPSA) is 60.2 Å². The number of aromatic nitrogens is 3. The summed E-state index contributed by atoms with van der Waals surface area (Å²) in [5.74, 6) is 0.496. The fourth-order valence-corrected chi connectivity index (χ4v) is 2.26. The van der Waals surface area contributed by atoms with Gasteiger partial charge in [0.15, 0.2) is 0 Å². The molecule has 100 valence electrons. The highest BCUT2D eigenvalue weighted by Gasteiger charge is 2.24. The molecule has 2 aromatic rings. The standard InChI is InChI=1S/C13H14FN3O2/c14-10-1-2-13-9(5-10)6-12(19-13)8-17-7-11(3-4-18)15-16-17/h1-2,5,7,12,18H,3-4,6,8H2. The van der Waals surface area contributed by atoms with Crippen molar-refractivity contribution in [3.63, 3.8) is 0 Å². The zero-order valence-corrected chi connectivity index (χ0v) is 10.3. The highest BCUT2D eigenvalue weighted by atomic mass is 19.1. The van der Waals surface area contributed by atoms with Crippen LogP contribution in [0.2, 0.25) is 0 Å². The van der Waals surface area contributed by atoms with Crippen LogP contribution in [0.15, 0.2) is 24.4 Å². The van der Waals surface area contributed by atoms with E-state index in [9.17, 15) is 4.39 Å². The van der Waals surface area contributed by atoms with Crippen LogP contribution in [0.3, 0.4) is 0 Å². The van der Waals surface area contributed by atoms with Gasteiger partial charge in [-0.3, -0.25) is 0 Å². The molecule has 0 amide bonds. The summed E-state index contributed by atoms with van der Waals surface area (Å²) in [4.78, 5) is 0. The highest BCUT2D eigenvalue weighted by Crippen LogP contribution is 2.29. The number of hydrogen-bond donors (Lipinski definition) is 1. The lowest BCUT2D eigenvalue weighted by Crippen LogP contribution is -2.21. The third kappa shape index (κ3) is 2.58. The van der Waals surface area contributed by atoms with Gasteiger partial charge in [0.1, 0.15) is 17.7 Å². The van der Waals surface area contributed by atoms with Gasteiger partial charge >= 0.3 is 0 Å². The van der Waals surface area contributed by atoms with Crippen molar-refractivity contribution in [3.8, 4) is 5.75 Å². The number of nitrogens with zero attached hydrogens (tertiary/aromatic N) is 3. The number of rotatable bonds is 4. The van der Waals surface area contributed by atoms with Crippen LogP contribution >= 0.6 is 0 Å². The molecule has 1 N–H and O–H groups in total. The molecule has 1 aromatic heterocycles. The molecule has 0 bridgehead atoms. The molecule has 5 nitrogen and oxygen atoms in total. The van der Waals surface area contributed by atoms with Crippen LogP contribution in [-0.4, -0.2) is 32.8 Å². The van der Waals surface area contributed by atoms with E-state index >= 15 is 0 Å². The second kappa shape index (κ2) is 4.97. The Hall–Kier alpha value is -1.95. The quantitative estimate of drug-likeness (QED) is 0.892. The van der Waals surface area contributed by atoms with E-state index in [1.54, 1.807) is 16.9 Å². The van der Waals surface area contributed by atoms with Gasteiger partial charge in [-0.05, 0) is 18.2 Å². The molecule has 0 saturated carbocycles. The molecular formula is C13H14FN3O2. The second-order valence-electron chi connectivity index (χ2n) is 4.60. The Labute approximate surface area is 109 Å².